The molecule has 0 fully saturated rings. The summed E-state index contributed by atoms with van der Waals surface area (Å²) in [6.07, 6.45) is 5.58. The van der Waals surface area contributed by atoms with Crippen LogP contribution in [0.2, 0.25) is 0 Å². The van der Waals surface area contributed by atoms with E-state index in [1.54, 1.807) is 6.20 Å². The highest BCUT2D eigenvalue weighted by Crippen LogP contribution is 2.26. The summed E-state index contributed by atoms with van der Waals surface area (Å²) in [5.74, 6) is 0.157. The number of carbonyl (C=O) groups is 1. The van der Waals surface area contributed by atoms with Gasteiger partial charge in [-0.15, -0.1) is 0 Å². The van der Waals surface area contributed by atoms with E-state index in [2.05, 4.69) is 31.1 Å². The van der Waals surface area contributed by atoms with E-state index < -0.39 is 5.97 Å². The van der Waals surface area contributed by atoms with E-state index in [4.69, 9.17) is 5.11 Å². The first kappa shape index (κ1) is 14.5. The Balaban J connectivity index is 2.34. The van der Waals surface area contributed by atoms with Gasteiger partial charge in [-0.25, -0.2) is 4.98 Å². The number of nitrogens with zero attached hydrogens (tertiary/aromatic N) is 2. The fraction of sp³-hybridized carbons (Fsp3) is 0.692. The number of carboxylic acids is 1. The molecule has 1 heterocycles. The molecular weight excluding hydrogens is 230 g/mol. The van der Waals surface area contributed by atoms with Crippen LogP contribution in [0.5, 0.6) is 0 Å². The Hall–Kier alpha value is -1.52. The predicted octanol–water partition coefficient (Wildman–Crippen LogP) is 2.60. The Morgan fingerprint density at radius 1 is 1.50 bits per heavy atom. The predicted molar refractivity (Wildman–Crippen MR) is 71.7 cm³/mol. The second-order valence-electron chi connectivity index (χ2n) is 5.27. The van der Waals surface area contributed by atoms with Gasteiger partial charge in [0, 0.05) is 31.9 Å². The van der Waals surface area contributed by atoms with Crippen molar-refractivity contribution in [3.05, 3.63) is 12.4 Å². The normalized spacial score (nSPS) is 11.5. The standard InChI is InChI=1S/C13H23N3O2/c1-4-16-10-9-15-12(16)14-8-7-13(2,3)6-5-11(17)18/h9-10H,4-8H2,1-3H3,(H,14,15)(H,17,18). The van der Waals surface area contributed by atoms with E-state index in [1.165, 1.54) is 0 Å². The lowest BCUT2D eigenvalue weighted by molar-refractivity contribution is -0.137. The SMILES string of the molecule is CCn1ccnc1NCCC(C)(C)CCC(=O)O. The van der Waals surface area contributed by atoms with Gasteiger partial charge >= 0.3 is 5.97 Å². The topological polar surface area (TPSA) is 67.2 Å². The molecule has 0 radical (unpaired) electrons. The molecule has 5 nitrogen and oxygen atoms in total. The van der Waals surface area contributed by atoms with Crippen molar-refractivity contribution in [2.45, 2.75) is 46.6 Å². The number of aliphatic carboxylic acids is 1. The molecule has 2 N–H and O–H groups in total. The van der Waals surface area contributed by atoms with E-state index in [1.807, 2.05) is 10.8 Å². The summed E-state index contributed by atoms with van der Waals surface area (Å²) in [5, 5.41) is 12.0. The minimum Gasteiger partial charge on any atom is -0.481 e. The molecule has 1 rings (SSSR count). The fourth-order valence-electron chi connectivity index (χ4n) is 1.81. The molecule has 0 aromatic carbocycles. The first-order chi connectivity index (χ1) is 8.44. The van der Waals surface area contributed by atoms with Crippen LogP contribution >= 0.6 is 0 Å². The third-order valence-electron chi connectivity index (χ3n) is 3.16. The summed E-state index contributed by atoms with van der Waals surface area (Å²) in [6, 6.07) is 0. The lowest BCUT2D eigenvalue weighted by Gasteiger charge is -2.24. The molecule has 0 spiro atoms. The van der Waals surface area contributed by atoms with Crippen LogP contribution in [0.3, 0.4) is 0 Å². The summed E-state index contributed by atoms with van der Waals surface area (Å²) in [6.45, 7) is 7.98. The largest absolute Gasteiger partial charge is 0.481 e. The third kappa shape index (κ3) is 4.77. The van der Waals surface area contributed by atoms with Crippen molar-refractivity contribution in [3.63, 3.8) is 0 Å². The molecule has 0 bridgehead atoms. The average Bonchev–Trinajstić information content (AvgIpc) is 2.74. The van der Waals surface area contributed by atoms with Gasteiger partial charge in [-0.2, -0.15) is 0 Å². The highest BCUT2D eigenvalue weighted by molar-refractivity contribution is 5.66. The summed E-state index contributed by atoms with van der Waals surface area (Å²) in [5.41, 5.74) is 0.0367. The lowest BCUT2D eigenvalue weighted by Crippen LogP contribution is -2.19. The molecule has 0 atom stereocenters. The summed E-state index contributed by atoms with van der Waals surface area (Å²) < 4.78 is 2.05. The van der Waals surface area contributed by atoms with Crippen molar-refractivity contribution in [1.82, 2.24) is 9.55 Å². The first-order valence-electron chi connectivity index (χ1n) is 6.41. The highest BCUT2D eigenvalue weighted by Gasteiger charge is 2.18. The van der Waals surface area contributed by atoms with E-state index in [9.17, 15) is 4.79 Å². The van der Waals surface area contributed by atoms with Crippen molar-refractivity contribution in [3.8, 4) is 0 Å². The first-order valence-corrected chi connectivity index (χ1v) is 6.41. The van der Waals surface area contributed by atoms with E-state index >= 15 is 0 Å². The van der Waals surface area contributed by atoms with Crippen LogP contribution in [0.25, 0.3) is 0 Å². The Morgan fingerprint density at radius 3 is 2.83 bits per heavy atom. The maximum absolute atomic E-state index is 10.6. The smallest absolute Gasteiger partial charge is 0.303 e. The minimum atomic E-state index is -0.724. The molecule has 0 unspecified atom stereocenters. The molecule has 0 aliphatic rings. The van der Waals surface area contributed by atoms with Gasteiger partial charge in [0.2, 0.25) is 5.95 Å². The number of imidazole rings is 1. The van der Waals surface area contributed by atoms with Crippen LogP contribution in [0.15, 0.2) is 12.4 Å². The molecule has 5 heteroatoms. The number of aromatic nitrogens is 2. The fourth-order valence-corrected chi connectivity index (χ4v) is 1.81. The molecular formula is C13H23N3O2. The quantitative estimate of drug-likeness (QED) is 0.747. The number of rotatable bonds is 8. The number of aryl methyl sites for hydroxylation is 1. The van der Waals surface area contributed by atoms with Gasteiger partial charge in [-0.3, -0.25) is 4.79 Å². The molecule has 102 valence electrons. The second kappa shape index (κ2) is 6.42. The zero-order valence-electron chi connectivity index (χ0n) is 11.4. The lowest BCUT2D eigenvalue weighted by atomic mass is 9.84. The molecule has 1 aromatic heterocycles. The zero-order chi connectivity index (χ0) is 13.6. The van der Waals surface area contributed by atoms with Gasteiger partial charge in [0.15, 0.2) is 0 Å². The Morgan fingerprint density at radius 2 is 2.22 bits per heavy atom. The van der Waals surface area contributed by atoms with Crippen LogP contribution in [0.1, 0.15) is 40.0 Å². The van der Waals surface area contributed by atoms with Gasteiger partial charge in [-0.05, 0) is 25.2 Å². The molecule has 18 heavy (non-hydrogen) atoms. The van der Waals surface area contributed by atoms with Crippen LogP contribution in [-0.4, -0.2) is 27.2 Å². The Bertz CT molecular complexity index is 385. The van der Waals surface area contributed by atoms with Gasteiger partial charge in [0.1, 0.15) is 0 Å². The van der Waals surface area contributed by atoms with Crippen LogP contribution in [0, 0.1) is 5.41 Å². The summed E-state index contributed by atoms with van der Waals surface area (Å²) in [7, 11) is 0. The van der Waals surface area contributed by atoms with Gasteiger partial charge in [0.25, 0.3) is 0 Å². The Labute approximate surface area is 108 Å². The maximum Gasteiger partial charge on any atom is 0.303 e. The number of carboxylic acid groups (broad SMARTS) is 1. The van der Waals surface area contributed by atoms with Crippen molar-refractivity contribution in [2.75, 3.05) is 11.9 Å². The van der Waals surface area contributed by atoms with Crippen LogP contribution in [0.4, 0.5) is 5.95 Å². The van der Waals surface area contributed by atoms with E-state index in [0.29, 0.717) is 6.42 Å². The van der Waals surface area contributed by atoms with Gasteiger partial charge < -0.3 is 15.0 Å². The van der Waals surface area contributed by atoms with Crippen molar-refractivity contribution < 1.29 is 9.90 Å². The molecule has 0 amide bonds. The average molecular weight is 253 g/mol. The summed E-state index contributed by atoms with van der Waals surface area (Å²) >= 11 is 0. The molecule has 1 aromatic rings. The number of hydrogen-bond donors (Lipinski definition) is 2. The van der Waals surface area contributed by atoms with Crippen molar-refractivity contribution in [1.29, 1.82) is 0 Å². The number of anilines is 1. The van der Waals surface area contributed by atoms with Crippen molar-refractivity contribution in [2.24, 2.45) is 5.41 Å². The molecule has 0 aliphatic carbocycles. The number of nitrogens with one attached hydrogen (secondary N) is 1. The number of hydrogen-bond acceptors (Lipinski definition) is 3. The monoisotopic (exact) mass is 253 g/mol. The van der Waals surface area contributed by atoms with E-state index in [0.717, 1.165) is 25.5 Å². The van der Waals surface area contributed by atoms with Gasteiger partial charge in [0.05, 0.1) is 0 Å². The highest BCUT2D eigenvalue weighted by atomic mass is 16.4. The molecule has 0 saturated heterocycles. The van der Waals surface area contributed by atoms with E-state index in [-0.39, 0.29) is 11.8 Å². The Kier molecular flexibility index (Phi) is 5.19. The van der Waals surface area contributed by atoms with Crippen LogP contribution < -0.4 is 5.32 Å². The minimum absolute atomic E-state index is 0.0367. The third-order valence-corrected chi connectivity index (χ3v) is 3.16. The van der Waals surface area contributed by atoms with Crippen molar-refractivity contribution >= 4 is 11.9 Å². The summed E-state index contributed by atoms with van der Waals surface area (Å²) in [4.78, 5) is 14.8. The zero-order valence-corrected chi connectivity index (χ0v) is 11.4. The molecule has 0 aliphatic heterocycles. The van der Waals surface area contributed by atoms with Gasteiger partial charge in [-0.1, -0.05) is 13.8 Å². The molecule has 0 saturated carbocycles. The maximum atomic E-state index is 10.6. The second-order valence-corrected chi connectivity index (χ2v) is 5.27. The van der Waals surface area contributed by atoms with Crippen LogP contribution in [-0.2, 0) is 11.3 Å².